The zero-order valence-corrected chi connectivity index (χ0v) is 14.9. The summed E-state index contributed by atoms with van der Waals surface area (Å²) in [4.78, 5) is 24.9. The van der Waals surface area contributed by atoms with Gasteiger partial charge >= 0.3 is 0 Å². The third-order valence-electron chi connectivity index (χ3n) is 3.47. The van der Waals surface area contributed by atoms with Gasteiger partial charge in [0.25, 0.3) is 5.91 Å². The van der Waals surface area contributed by atoms with Crippen LogP contribution < -0.4 is 10.6 Å². The predicted molar refractivity (Wildman–Crippen MR) is 97.6 cm³/mol. The predicted octanol–water partition coefficient (Wildman–Crippen LogP) is 4.39. The van der Waals surface area contributed by atoms with Crippen molar-refractivity contribution in [2.24, 2.45) is 5.92 Å². The molecule has 1 atom stereocenters. The van der Waals surface area contributed by atoms with Crippen LogP contribution in [0, 0.1) is 5.92 Å². The van der Waals surface area contributed by atoms with Crippen molar-refractivity contribution in [2.75, 3.05) is 5.32 Å². The van der Waals surface area contributed by atoms with Gasteiger partial charge in [0.05, 0.1) is 10.6 Å². The van der Waals surface area contributed by atoms with Gasteiger partial charge < -0.3 is 10.6 Å². The lowest BCUT2D eigenvalue weighted by Crippen LogP contribution is -2.47. The van der Waals surface area contributed by atoms with Crippen molar-refractivity contribution >= 4 is 40.7 Å². The quantitative estimate of drug-likeness (QED) is 0.826. The van der Waals surface area contributed by atoms with Crippen LogP contribution in [0.4, 0.5) is 5.69 Å². The fraction of sp³-hybridized carbons (Fsp3) is 0.222. The van der Waals surface area contributed by atoms with Crippen molar-refractivity contribution in [1.82, 2.24) is 5.32 Å². The molecule has 4 nitrogen and oxygen atoms in total. The van der Waals surface area contributed by atoms with Crippen molar-refractivity contribution in [2.45, 2.75) is 19.9 Å². The van der Waals surface area contributed by atoms with Crippen LogP contribution in [0.25, 0.3) is 0 Å². The van der Waals surface area contributed by atoms with Crippen LogP contribution in [0.2, 0.25) is 10.0 Å². The van der Waals surface area contributed by atoms with Crippen molar-refractivity contribution in [1.29, 1.82) is 0 Å². The Morgan fingerprint density at radius 3 is 2.17 bits per heavy atom. The van der Waals surface area contributed by atoms with Crippen LogP contribution in [-0.2, 0) is 4.79 Å². The maximum atomic E-state index is 12.5. The molecular formula is C18H18Cl2N2O2. The Kier molecular flexibility index (Phi) is 6.23. The van der Waals surface area contributed by atoms with E-state index < -0.39 is 6.04 Å². The Balaban J connectivity index is 2.11. The molecule has 0 aliphatic heterocycles. The van der Waals surface area contributed by atoms with E-state index >= 15 is 0 Å². The minimum absolute atomic E-state index is 0.0938. The second-order valence-electron chi connectivity index (χ2n) is 5.67. The van der Waals surface area contributed by atoms with Gasteiger partial charge in [-0.3, -0.25) is 9.59 Å². The summed E-state index contributed by atoms with van der Waals surface area (Å²) in [7, 11) is 0. The first-order valence-corrected chi connectivity index (χ1v) is 8.26. The Morgan fingerprint density at radius 2 is 1.58 bits per heavy atom. The van der Waals surface area contributed by atoms with Gasteiger partial charge in [0.2, 0.25) is 5.91 Å². The Hall–Kier alpha value is -2.04. The number of nitrogens with one attached hydrogen (secondary N) is 2. The number of hydrogen-bond donors (Lipinski definition) is 2. The number of halogens is 2. The highest BCUT2D eigenvalue weighted by Crippen LogP contribution is 2.17. The van der Waals surface area contributed by atoms with E-state index in [9.17, 15) is 9.59 Å². The topological polar surface area (TPSA) is 58.2 Å². The largest absolute Gasteiger partial charge is 0.340 e. The van der Waals surface area contributed by atoms with E-state index in [1.54, 1.807) is 48.5 Å². The number of anilines is 1. The van der Waals surface area contributed by atoms with E-state index in [1.165, 1.54) is 0 Å². The molecule has 6 heteroatoms. The van der Waals surface area contributed by atoms with Gasteiger partial charge in [-0.2, -0.15) is 0 Å². The van der Waals surface area contributed by atoms with Crippen molar-refractivity contribution in [3.05, 3.63) is 64.1 Å². The molecule has 0 spiro atoms. The monoisotopic (exact) mass is 364 g/mol. The first kappa shape index (κ1) is 18.3. The van der Waals surface area contributed by atoms with Crippen LogP contribution >= 0.6 is 23.2 Å². The molecule has 2 rings (SSSR count). The van der Waals surface area contributed by atoms with Crippen LogP contribution in [-0.4, -0.2) is 17.9 Å². The summed E-state index contributed by atoms with van der Waals surface area (Å²) in [6, 6.07) is 12.8. The first-order valence-electron chi connectivity index (χ1n) is 7.50. The summed E-state index contributed by atoms with van der Waals surface area (Å²) in [5.41, 5.74) is 0.950. The lowest BCUT2D eigenvalue weighted by atomic mass is 10.0. The van der Waals surface area contributed by atoms with Crippen molar-refractivity contribution in [3.8, 4) is 0 Å². The van der Waals surface area contributed by atoms with Crippen molar-refractivity contribution < 1.29 is 9.59 Å². The van der Waals surface area contributed by atoms with Crippen molar-refractivity contribution in [3.63, 3.8) is 0 Å². The van der Waals surface area contributed by atoms with Gasteiger partial charge in [-0.05, 0) is 42.3 Å². The molecule has 0 radical (unpaired) electrons. The van der Waals surface area contributed by atoms with E-state index in [1.807, 2.05) is 13.8 Å². The van der Waals surface area contributed by atoms with E-state index in [-0.39, 0.29) is 17.7 Å². The van der Waals surface area contributed by atoms with Crippen LogP contribution in [0.5, 0.6) is 0 Å². The molecular weight excluding hydrogens is 347 g/mol. The molecule has 0 aliphatic rings. The molecule has 2 aromatic carbocycles. The van der Waals surface area contributed by atoms with Gasteiger partial charge in [-0.25, -0.2) is 0 Å². The number of carbonyl (C=O) groups is 2. The summed E-state index contributed by atoms with van der Waals surface area (Å²) in [6.45, 7) is 3.72. The first-order chi connectivity index (χ1) is 11.4. The average molecular weight is 365 g/mol. The molecule has 0 fully saturated rings. The summed E-state index contributed by atoms with van der Waals surface area (Å²) in [6.07, 6.45) is 0. The van der Waals surface area contributed by atoms with Gasteiger partial charge in [0.1, 0.15) is 6.04 Å². The third-order valence-corrected chi connectivity index (χ3v) is 4.05. The zero-order chi connectivity index (χ0) is 17.7. The average Bonchev–Trinajstić information content (AvgIpc) is 2.54. The fourth-order valence-electron chi connectivity index (χ4n) is 2.15. The SMILES string of the molecule is CC(C)[C@H](NC(=O)c1ccccc1Cl)C(=O)Nc1ccc(Cl)cc1. The summed E-state index contributed by atoms with van der Waals surface area (Å²) >= 11 is 11.9. The van der Waals surface area contributed by atoms with E-state index in [0.29, 0.717) is 21.3 Å². The minimum atomic E-state index is -0.690. The van der Waals surface area contributed by atoms with Crippen LogP contribution in [0.1, 0.15) is 24.2 Å². The maximum Gasteiger partial charge on any atom is 0.253 e. The summed E-state index contributed by atoms with van der Waals surface area (Å²) < 4.78 is 0. The van der Waals surface area contributed by atoms with Gasteiger partial charge in [-0.15, -0.1) is 0 Å². The highest BCUT2D eigenvalue weighted by atomic mass is 35.5. The summed E-state index contributed by atoms with van der Waals surface area (Å²) in [5, 5.41) is 6.45. The second-order valence-corrected chi connectivity index (χ2v) is 6.51. The van der Waals surface area contributed by atoms with Gasteiger partial charge in [-0.1, -0.05) is 49.2 Å². The molecule has 0 aliphatic carbocycles. The van der Waals surface area contributed by atoms with E-state index in [2.05, 4.69) is 10.6 Å². The molecule has 2 amide bonds. The number of amides is 2. The molecule has 2 N–H and O–H groups in total. The molecule has 0 unspecified atom stereocenters. The Labute approximate surface area is 151 Å². The molecule has 0 heterocycles. The number of carbonyl (C=O) groups excluding carboxylic acids is 2. The van der Waals surface area contributed by atoms with E-state index in [0.717, 1.165) is 0 Å². The van der Waals surface area contributed by atoms with Crippen LogP contribution in [0.15, 0.2) is 48.5 Å². The Bertz CT molecular complexity index is 730. The summed E-state index contributed by atoms with van der Waals surface area (Å²) in [5.74, 6) is -0.776. The smallest absolute Gasteiger partial charge is 0.253 e. The van der Waals surface area contributed by atoms with E-state index in [4.69, 9.17) is 23.2 Å². The zero-order valence-electron chi connectivity index (χ0n) is 13.3. The van der Waals surface area contributed by atoms with Gasteiger partial charge in [0.15, 0.2) is 0 Å². The highest BCUT2D eigenvalue weighted by molar-refractivity contribution is 6.33. The molecule has 24 heavy (non-hydrogen) atoms. The number of rotatable bonds is 5. The standard InChI is InChI=1S/C18H18Cl2N2O2/c1-11(2)16(18(24)21-13-9-7-12(19)8-10-13)22-17(23)14-5-3-4-6-15(14)20/h3-11,16H,1-2H3,(H,21,24)(H,22,23)/t16-/m0/s1. The highest BCUT2D eigenvalue weighted by Gasteiger charge is 2.25. The van der Waals surface area contributed by atoms with Gasteiger partial charge in [0, 0.05) is 10.7 Å². The molecule has 0 aromatic heterocycles. The van der Waals surface area contributed by atoms with Crippen LogP contribution in [0.3, 0.4) is 0 Å². The molecule has 2 aromatic rings. The lowest BCUT2D eigenvalue weighted by Gasteiger charge is -2.22. The molecule has 0 saturated carbocycles. The normalized spacial score (nSPS) is 11.9. The fourth-order valence-corrected chi connectivity index (χ4v) is 2.50. The lowest BCUT2D eigenvalue weighted by molar-refractivity contribution is -0.118. The number of hydrogen-bond acceptors (Lipinski definition) is 2. The molecule has 126 valence electrons. The molecule has 0 bridgehead atoms. The Morgan fingerprint density at radius 1 is 0.958 bits per heavy atom. The maximum absolute atomic E-state index is 12.5. The minimum Gasteiger partial charge on any atom is -0.340 e. The second kappa shape index (κ2) is 8.18. The number of benzene rings is 2. The third kappa shape index (κ3) is 4.73. The molecule has 0 saturated heterocycles.